The van der Waals surface area contributed by atoms with Crippen LogP contribution in [0.3, 0.4) is 0 Å². The van der Waals surface area contributed by atoms with Crippen LogP contribution >= 0.6 is 0 Å². The summed E-state index contributed by atoms with van der Waals surface area (Å²) >= 11 is 0. The molecule has 4 amide bonds. The van der Waals surface area contributed by atoms with Crippen molar-refractivity contribution in [2.24, 2.45) is 47.3 Å². The number of fused-ring (bicyclic) bond motifs is 18. The third-order valence-corrected chi connectivity index (χ3v) is 19.4. The summed E-state index contributed by atoms with van der Waals surface area (Å²) in [6.45, 7) is -0.0307. The van der Waals surface area contributed by atoms with Gasteiger partial charge >= 0.3 is 40.7 Å². The van der Waals surface area contributed by atoms with Crippen LogP contribution in [0.25, 0.3) is 90.9 Å². The summed E-state index contributed by atoms with van der Waals surface area (Å²) in [5.74, 6) is -9.20. The Morgan fingerprint density at radius 1 is 0.327 bits per heavy atom. The Kier molecular flexibility index (Phi) is 18.6. The Hall–Kier alpha value is -11.1. The molecule has 7 aromatic rings. The van der Waals surface area contributed by atoms with Gasteiger partial charge in [-0.1, -0.05) is 48.5 Å². The van der Waals surface area contributed by atoms with E-state index < -0.39 is 94.8 Å². The van der Waals surface area contributed by atoms with Crippen LogP contribution in [0, 0.1) is 47.3 Å². The first kappa shape index (κ1) is 67.1. The molecule has 8 atom stereocenters. The first-order valence-electron chi connectivity index (χ1n) is 33.4. The van der Waals surface area contributed by atoms with E-state index in [4.69, 9.17) is 57.8 Å². The molecule has 0 spiro atoms. The summed E-state index contributed by atoms with van der Waals surface area (Å²) in [4.78, 5) is 136. The molecule has 9 heterocycles. The van der Waals surface area contributed by atoms with E-state index in [-0.39, 0.29) is 125 Å². The number of methoxy groups -OCH3 is 4. The second-order valence-electron chi connectivity index (χ2n) is 25.7. The van der Waals surface area contributed by atoms with Crippen molar-refractivity contribution >= 4 is 117 Å². The Morgan fingerprint density at radius 3 is 0.812 bits per heavy atom. The van der Waals surface area contributed by atoms with Crippen molar-refractivity contribution in [3.05, 3.63) is 120 Å². The van der Waals surface area contributed by atoms with Crippen LogP contribution < -0.4 is 50.2 Å². The number of nitrogens with zero attached hydrogens (tertiary/aromatic N) is 4. The van der Waals surface area contributed by atoms with Gasteiger partial charge in [0.2, 0.25) is 23.6 Å². The van der Waals surface area contributed by atoms with Gasteiger partial charge in [-0.05, 0) is 135 Å². The maximum absolute atomic E-state index is 14.8. The van der Waals surface area contributed by atoms with Crippen molar-refractivity contribution < 1.29 is 93.0 Å². The van der Waals surface area contributed by atoms with Gasteiger partial charge in [-0.15, -0.1) is 22.1 Å². The van der Waals surface area contributed by atoms with E-state index in [1.165, 1.54) is 28.4 Å². The topological polar surface area (TPSA) is 312 Å². The van der Waals surface area contributed by atoms with Gasteiger partial charge < -0.3 is 69.1 Å². The molecule has 12 bridgehead atoms. The summed E-state index contributed by atoms with van der Waals surface area (Å²) in [5.41, 5.74) is 6.07. The largest absolute Gasteiger partial charge is 2.00 e. The molecule has 6 aliphatic heterocycles. The molecule has 4 aromatic carbocycles. The molecule has 4 saturated carbocycles. The summed E-state index contributed by atoms with van der Waals surface area (Å²) < 4.78 is 47.3. The summed E-state index contributed by atoms with van der Waals surface area (Å²) in [7, 11) is 6.10. The van der Waals surface area contributed by atoms with Gasteiger partial charge in [-0.3, -0.25) is 38.4 Å². The van der Waals surface area contributed by atoms with Gasteiger partial charge in [-0.2, -0.15) is 0 Å². The molecule has 4 fully saturated rings. The van der Waals surface area contributed by atoms with E-state index in [1.807, 2.05) is 0 Å². The zero-order valence-corrected chi connectivity index (χ0v) is 56.3. The van der Waals surface area contributed by atoms with Crippen molar-refractivity contribution in [3.8, 4) is 67.5 Å². The minimum atomic E-state index is -0.811. The molecule has 4 N–H and O–H groups in total. The fourth-order valence-corrected chi connectivity index (χ4v) is 13.8. The van der Waals surface area contributed by atoms with Gasteiger partial charge in [0.1, 0.15) is 23.0 Å². The monoisotopic (exact) mass is 1410 g/mol. The fourth-order valence-electron chi connectivity index (χ4n) is 13.8. The van der Waals surface area contributed by atoms with Gasteiger partial charge in [0.15, 0.2) is 0 Å². The molecule has 25 heteroatoms. The molecular formula is C76H68CoN8O16. The smallest absolute Gasteiger partial charge is 0.657 e. The van der Waals surface area contributed by atoms with Crippen LogP contribution in [0.4, 0.5) is 22.7 Å². The van der Waals surface area contributed by atoms with Crippen LogP contribution in [0.2, 0.25) is 0 Å². The number of hydrogen-bond donors (Lipinski definition) is 4. The van der Waals surface area contributed by atoms with Crippen molar-refractivity contribution in [1.82, 2.24) is 19.9 Å². The molecule has 3 aromatic heterocycles. The van der Waals surface area contributed by atoms with Crippen LogP contribution in [0.5, 0.6) is 23.0 Å². The molecule has 517 valence electrons. The Balaban J connectivity index is 0.00000866. The van der Waals surface area contributed by atoms with Gasteiger partial charge in [0.05, 0.1) is 159 Å². The fraction of sp³-hybridized carbons (Fsp3) is 0.316. The zero-order valence-electron chi connectivity index (χ0n) is 55.3. The number of carbonyl (C=O) groups is 8. The molecular weight excluding hydrogens is 1340 g/mol. The first-order valence-corrected chi connectivity index (χ1v) is 33.4. The van der Waals surface area contributed by atoms with Crippen LogP contribution in [-0.4, -0.2) is 112 Å². The van der Waals surface area contributed by atoms with Crippen molar-refractivity contribution in [2.75, 3.05) is 76.1 Å². The number of esters is 4. The number of carbonyl (C=O) groups excluding carboxylic acids is 8. The summed E-state index contributed by atoms with van der Waals surface area (Å²) in [6, 6.07) is 27.8. The van der Waals surface area contributed by atoms with Gasteiger partial charge in [0, 0.05) is 22.3 Å². The number of anilines is 4. The SMILES string of the molecule is COc1cccc(OC)c1-c1c2nc(c3c4ccc([n-]4)c(-c4c(OC)cccc4OC)c4nc(c(c5ccc1[n-]5)-c1c5cccc1NC(=O)[C@H]1C[C@@H]1C(=O)OCCCCOC(=O)[C@@H]1CC1C(=O)Nc1cccc(c1-3)NC(=O)[C@H]1C[C@@H]1C(=O)OCCCCOC(=O)[C@H]1CC1C(=O)N5)C=C4)C=C2.[Co+2]. The predicted molar refractivity (Wildman–Crippen MR) is 368 cm³/mol. The molecule has 0 saturated heterocycles. The molecule has 4 aliphatic carbocycles. The van der Waals surface area contributed by atoms with E-state index in [0.717, 1.165) is 0 Å². The van der Waals surface area contributed by atoms with Crippen LogP contribution in [0.1, 0.15) is 74.1 Å². The standard InChI is InChI=1S/C76H70N8O16.Co/c1-93-57-17-11-18-58(94-2)67(57)65-53-25-21-49(77-53)63-51-23-27-55(79-51)66(68-59(95-3)19-12-20-60(68)96-4)56-28-24-52(80-56)64(50-22-26-54(65)78-50)62-46-14-10-16-48(62)84-72(88)40-36-44(40)76(92)100-32-8-7-31-99-75(91)43-35-39(43)71(87)83-47-15-9-13-45(61(47)63)81-69(85)37-33-41(37)73(89)97-29-5-6-30-98-74(90)42-34-38(42)70(86)82-46;/h9-28,37-44H,5-8,29-36H2,1-4H3,(H6,77,78,79,80,81,82,83,84,85,86,87,88);/q;+2/p-2/t37-,38?,39?,40-,41-,42-,43+,44-;/m0./s1. The van der Waals surface area contributed by atoms with E-state index in [0.29, 0.717) is 104 Å². The summed E-state index contributed by atoms with van der Waals surface area (Å²) in [6.07, 6.45) is 9.23. The van der Waals surface area contributed by atoms with E-state index >= 15 is 0 Å². The van der Waals surface area contributed by atoms with Crippen molar-refractivity contribution in [1.29, 1.82) is 0 Å². The van der Waals surface area contributed by atoms with Gasteiger partial charge in [0.25, 0.3) is 0 Å². The third kappa shape index (κ3) is 13.1. The zero-order chi connectivity index (χ0) is 69.0. The number of hydrogen-bond acceptors (Lipinski definition) is 18. The molecule has 17 rings (SSSR count). The average molecular weight is 1410 g/mol. The number of rotatable bonds is 6. The van der Waals surface area contributed by atoms with E-state index in [9.17, 15) is 38.4 Å². The number of ether oxygens (including phenoxy) is 8. The first-order chi connectivity index (χ1) is 48.7. The van der Waals surface area contributed by atoms with E-state index in [1.54, 1.807) is 121 Å². The van der Waals surface area contributed by atoms with Gasteiger partial charge in [-0.25, -0.2) is 9.97 Å². The molecule has 24 nitrogen and oxygen atoms in total. The maximum Gasteiger partial charge on any atom is 2.00 e. The number of aromatic nitrogens is 4. The predicted octanol–water partition coefficient (Wildman–Crippen LogP) is 10.7. The number of nitrogens with one attached hydrogen (secondary N) is 4. The average Bonchev–Trinajstić information content (AvgIpc) is 1.64. The van der Waals surface area contributed by atoms with E-state index in [2.05, 4.69) is 21.3 Å². The number of benzene rings is 4. The summed E-state index contributed by atoms with van der Waals surface area (Å²) in [5, 5.41) is 12.5. The minimum absolute atomic E-state index is 0. The minimum Gasteiger partial charge on any atom is -0.657 e. The number of amides is 4. The van der Waals surface area contributed by atoms with Crippen molar-refractivity contribution in [2.45, 2.75) is 51.4 Å². The van der Waals surface area contributed by atoms with Crippen molar-refractivity contribution in [3.63, 3.8) is 0 Å². The Morgan fingerprint density at radius 2 is 0.564 bits per heavy atom. The van der Waals surface area contributed by atoms with Crippen LogP contribution in [-0.2, 0) is 74.1 Å². The normalized spacial score (nSPS) is 22.6. The molecule has 2 unspecified atom stereocenters. The Labute approximate surface area is 588 Å². The molecule has 101 heavy (non-hydrogen) atoms. The third-order valence-electron chi connectivity index (χ3n) is 19.4. The quantitative estimate of drug-likeness (QED) is 0.0888. The second-order valence-corrected chi connectivity index (χ2v) is 25.7. The molecule has 1 radical (unpaired) electrons. The van der Waals surface area contributed by atoms with Crippen LogP contribution in [0.15, 0.2) is 97.1 Å². The second kappa shape index (κ2) is 27.9. The molecule has 10 aliphatic rings. The Bertz CT molecular complexity index is 4390. The maximum atomic E-state index is 14.8.